The Bertz CT molecular complexity index is 1030. The standard InChI is InChI=1S/C28H49N3O16/c1-11(35)29-21-19(9-44-8-15-17(5-33)47-28(42)23(25(15)39)31-13(3)37)45-16(4-32)14(24(21)38)7-43-10-20-22(30-12(2)36)27(41)26(40)18(6-34)46-20/h14-28,32-34,38-42H,4-10H2,1-3H3,(H,29,35)(H,30,36)(H,31,37)/t14-,15-,16?,17?,18?,19-,20-,21?,22?,23?,24?,25?,26-,27?,28?/m0/s1. The number of nitrogens with one attached hydrogen (secondary N) is 3. The summed E-state index contributed by atoms with van der Waals surface area (Å²) in [6, 6.07) is -3.35. The Morgan fingerprint density at radius 3 is 1.34 bits per heavy atom. The van der Waals surface area contributed by atoms with Crippen LogP contribution in [0.3, 0.4) is 0 Å². The van der Waals surface area contributed by atoms with Gasteiger partial charge in [0, 0.05) is 32.6 Å². The van der Waals surface area contributed by atoms with Crippen LogP contribution in [0.15, 0.2) is 0 Å². The normalized spacial score (nSPS) is 40.8. The quantitative estimate of drug-likeness (QED) is 0.0811. The highest BCUT2D eigenvalue weighted by atomic mass is 16.6. The zero-order valence-corrected chi connectivity index (χ0v) is 26.5. The van der Waals surface area contributed by atoms with Gasteiger partial charge in [-0.15, -0.1) is 0 Å². The van der Waals surface area contributed by atoms with Crippen LogP contribution in [0.4, 0.5) is 0 Å². The van der Waals surface area contributed by atoms with Crippen LogP contribution in [0.1, 0.15) is 20.8 Å². The summed E-state index contributed by atoms with van der Waals surface area (Å²) in [4.78, 5) is 35.3. The highest BCUT2D eigenvalue weighted by molar-refractivity contribution is 5.74. The smallest absolute Gasteiger partial charge is 0.217 e. The second kappa shape index (κ2) is 18.0. The molecule has 0 radical (unpaired) electrons. The van der Waals surface area contributed by atoms with Crippen molar-refractivity contribution in [3.8, 4) is 0 Å². The van der Waals surface area contributed by atoms with Crippen molar-refractivity contribution in [1.29, 1.82) is 0 Å². The van der Waals surface area contributed by atoms with Gasteiger partial charge in [-0.1, -0.05) is 0 Å². The fourth-order valence-corrected chi connectivity index (χ4v) is 6.24. The molecule has 0 aromatic carbocycles. The number of amides is 3. The van der Waals surface area contributed by atoms with Crippen LogP contribution in [-0.4, -0.2) is 184 Å². The average Bonchev–Trinajstić information content (AvgIpc) is 3.01. The molecule has 272 valence electrons. The second-order valence-electron chi connectivity index (χ2n) is 12.1. The summed E-state index contributed by atoms with van der Waals surface area (Å²) in [5.41, 5.74) is 0. The predicted molar refractivity (Wildman–Crippen MR) is 155 cm³/mol. The first-order valence-corrected chi connectivity index (χ1v) is 15.4. The molecule has 19 nitrogen and oxygen atoms in total. The van der Waals surface area contributed by atoms with Crippen LogP contribution in [0, 0.1) is 11.8 Å². The van der Waals surface area contributed by atoms with Crippen LogP contribution < -0.4 is 16.0 Å². The summed E-state index contributed by atoms with van der Waals surface area (Å²) in [6.07, 6.45) is -12.5. The molecule has 0 aromatic rings. The molecule has 3 fully saturated rings. The molecule has 0 bridgehead atoms. The summed E-state index contributed by atoms with van der Waals surface area (Å²) in [7, 11) is 0. The molecule has 19 heteroatoms. The molecule has 11 N–H and O–H groups in total. The summed E-state index contributed by atoms with van der Waals surface area (Å²) in [5, 5.41) is 90.0. The van der Waals surface area contributed by atoms with E-state index in [1.54, 1.807) is 0 Å². The van der Waals surface area contributed by atoms with Crippen molar-refractivity contribution in [3.63, 3.8) is 0 Å². The first-order valence-electron chi connectivity index (χ1n) is 15.4. The number of aliphatic hydroxyl groups excluding tert-OH is 8. The predicted octanol–water partition coefficient (Wildman–Crippen LogP) is -6.56. The Kier molecular flexibility index (Phi) is 15.1. The molecule has 0 saturated carbocycles. The monoisotopic (exact) mass is 683 g/mol. The molecule has 3 aliphatic rings. The van der Waals surface area contributed by atoms with Crippen molar-refractivity contribution in [2.24, 2.45) is 11.8 Å². The lowest BCUT2D eigenvalue weighted by molar-refractivity contribution is -0.248. The lowest BCUT2D eigenvalue weighted by Gasteiger charge is -2.46. The van der Waals surface area contributed by atoms with Gasteiger partial charge in [0.25, 0.3) is 0 Å². The summed E-state index contributed by atoms with van der Waals surface area (Å²) >= 11 is 0. The van der Waals surface area contributed by atoms with Crippen molar-refractivity contribution < 1.29 is 78.9 Å². The lowest BCUT2D eigenvalue weighted by atomic mass is 9.85. The Morgan fingerprint density at radius 1 is 0.511 bits per heavy atom. The third kappa shape index (κ3) is 9.97. The van der Waals surface area contributed by atoms with Crippen LogP contribution in [-0.2, 0) is 38.1 Å². The molecule has 3 aliphatic heterocycles. The molecule has 0 aromatic heterocycles. The Labute approximate surface area is 271 Å². The highest BCUT2D eigenvalue weighted by Crippen LogP contribution is 2.30. The van der Waals surface area contributed by atoms with E-state index in [9.17, 15) is 55.2 Å². The van der Waals surface area contributed by atoms with Crippen molar-refractivity contribution in [2.45, 2.75) is 100 Å². The number of carbonyl (C=O) groups is 3. The van der Waals surface area contributed by atoms with E-state index >= 15 is 0 Å². The van der Waals surface area contributed by atoms with E-state index in [4.69, 9.17) is 23.7 Å². The number of hydrogen-bond acceptors (Lipinski definition) is 16. The minimum atomic E-state index is -1.58. The maximum atomic E-state index is 12.1. The molecular weight excluding hydrogens is 634 g/mol. The first-order chi connectivity index (χ1) is 22.2. The maximum Gasteiger partial charge on any atom is 0.217 e. The van der Waals surface area contributed by atoms with Gasteiger partial charge in [-0.25, -0.2) is 0 Å². The topological polar surface area (TPSA) is 295 Å². The minimum Gasteiger partial charge on any atom is -0.394 e. The number of hydrogen-bond donors (Lipinski definition) is 11. The SMILES string of the molecule is CC(=O)NC1C(O)OC(CO)[C@H](COC[C@@H]2OC(CO)[C@H](COC[C@@H]3OC(CO)[C@H](O)C(O)C3NC(C)=O)C(O)C2NC(C)=O)C1O. The highest BCUT2D eigenvalue weighted by Gasteiger charge is 2.48. The zero-order chi connectivity index (χ0) is 35.0. The van der Waals surface area contributed by atoms with Gasteiger partial charge >= 0.3 is 0 Å². The summed E-state index contributed by atoms with van der Waals surface area (Å²) < 4.78 is 28.6. The van der Waals surface area contributed by atoms with E-state index < -0.39 is 129 Å². The molecule has 10 unspecified atom stereocenters. The van der Waals surface area contributed by atoms with Crippen molar-refractivity contribution >= 4 is 17.7 Å². The molecule has 15 atom stereocenters. The summed E-state index contributed by atoms with van der Waals surface area (Å²) in [5.74, 6) is -3.37. The molecule has 3 saturated heterocycles. The Balaban J connectivity index is 1.66. The van der Waals surface area contributed by atoms with E-state index in [0.29, 0.717) is 0 Å². The fourth-order valence-electron chi connectivity index (χ4n) is 6.24. The van der Waals surface area contributed by atoms with Crippen molar-refractivity contribution in [1.82, 2.24) is 16.0 Å². The zero-order valence-electron chi connectivity index (χ0n) is 26.5. The molecule has 0 aliphatic carbocycles. The number of carbonyl (C=O) groups excluding carboxylic acids is 3. The summed E-state index contributed by atoms with van der Waals surface area (Å²) in [6.45, 7) is 0.839. The largest absolute Gasteiger partial charge is 0.394 e. The van der Waals surface area contributed by atoms with E-state index in [0.717, 1.165) is 0 Å². The second-order valence-corrected chi connectivity index (χ2v) is 12.1. The molecule has 47 heavy (non-hydrogen) atoms. The van der Waals surface area contributed by atoms with E-state index in [1.807, 2.05) is 0 Å². The van der Waals surface area contributed by atoms with Gasteiger partial charge < -0.3 is 80.5 Å². The van der Waals surface area contributed by atoms with Gasteiger partial charge in [0.1, 0.15) is 36.6 Å². The molecule has 3 rings (SSSR count). The van der Waals surface area contributed by atoms with Crippen molar-refractivity contribution in [2.75, 3.05) is 46.2 Å². The number of aliphatic hydroxyl groups is 8. The molecular formula is C28H49N3O16. The minimum absolute atomic E-state index is 0.248. The van der Waals surface area contributed by atoms with Gasteiger partial charge in [0.15, 0.2) is 6.29 Å². The van der Waals surface area contributed by atoms with E-state index in [-0.39, 0.29) is 26.4 Å². The van der Waals surface area contributed by atoms with Gasteiger partial charge in [-0.3, -0.25) is 14.4 Å². The van der Waals surface area contributed by atoms with E-state index in [2.05, 4.69) is 16.0 Å². The van der Waals surface area contributed by atoms with E-state index in [1.165, 1.54) is 20.8 Å². The van der Waals surface area contributed by atoms with Crippen LogP contribution >= 0.6 is 0 Å². The molecule has 3 heterocycles. The lowest BCUT2D eigenvalue weighted by Crippen LogP contribution is -2.65. The number of rotatable bonds is 14. The van der Waals surface area contributed by atoms with Crippen LogP contribution in [0.2, 0.25) is 0 Å². The fraction of sp³-hybridized carbons (Fsp3) is 0.893. The van der Waals surface area contributed by atoms with Gasteiger partial charge in [0.05, 0.1) is 82.7 Å². The average molecular weight is 684 g/mol. The first kappa shape index (κ1) is 39.3. The maximum absolute atomic E-state index is 12.1. The molecule has 3 amide bonds. The third-order valence-corrected chi connectivity index (χ3v) is 8.62. The van der Waals surface area contributed by atoms with Gasteiger partial charge in [-0.05, 0) is 0 Å². The van der Waals surface area contributed by atoms with Crippen LogP contribution in [0.5, 0.6) is 0 Å². The van der Waals surface area contributed by atoms with Crippen molar-refractivity contribution in [3.05, 3.63) is 0 Å². The Hall–Kier alpha value is -2.11. The van der Waals surface area contributed by atoms with Crippen LogP contribution in [0.25, 0.3) is 0 Å². The van der Waals surface area contributed by atoms with Gasteiger partial charge in [0.2, 0.25) is 17.7 Å². The molecule has 0 spiro atoms. The number of ether oxygens (including phenoxy) is 5. The Morgan fingerprint density at radius 2 is 0.894 bits per heavy atom. The van der Waals surface area contributed by atoms with Gasteiger partial charge in [-0.2, -0.15) is 0 Å². The third-order valence-electron chi connectivity index (χ3n) is 8.62.